The van der Waals surface area contributed by atoms with Crippen LogP contribution in [0, 0.1) is 0 Å². The minimum absolute atomic E-state index is 0.484. The molecule has 0 radical (unpaired) electrons. The first-order chi connectivity index (χ1) is 7.29. The van der Waals surface area contributed by atoms with Gasteiger partial charge in [0.2, 0.25) is 0 Å². The Labute approximate surface area is 91.9 Å². The van der Waals surface area contributed by atoms with Crippen LogP contribution in [0.2, 0.25) is 0 Å². The number of rotatable bonds is 2. The molecule has 1 aliphatic rings. The van der Waals surface area contributed by atoms with Crippen molar-refractivity contribution in [1.82, 2.24) is 14.8 Å². The van der Waals surface area contributed by atoms with Crippen LogP contribution in [0.3, 0.4) is 0 Å². The summed E-state index contributed by atoms with van der Waals surface area (Å²) in [6.45, 7) is 4.40. The molecule has 0 bridgehead atoms. The van der Waals surface area contributed by atoms with E-state index in [1.807, 2.05) is 6.33 Å². The minimum atomic E-state index is 0.484. The Hall–Kier alpha value is -0.860. The summed E-state index contributed by atoms with van der Waals surface area (Å²) in [5.41, 5.74) is 0. The molecule has 0 aromatic carbocycles. The molecule has 84 valence electrons. The lowest BCUT2D eigenvalue weighted by Gasteiger charge is -2.17. The van der Waals surface area contributed by atoms with Gasteiger partial charge in [0.15, 0.2) is 0 Å². The van der Waals surface area contributed by atoms with E-state index < -0.39 is 0 Å². The Kier molecular flexibility index (Phi) is 3.39. The second kappa shape index (κ2) is 4.77. The summed E-state index contributed by atoms with van der Waals surface area (Å²) in [6.07, 6.45) is 9.98. The molecule has 0 saturated heterocycles. The van der Waals surface area contributed by atoms with Crippen LogP contribution in [-0.4, -0.2) is 14.8 Å². The minimum Gasteiger partial charge on any atom is -0.315 e. The lowest BCUT2D eigenvalue weighted by molar-refractivity contribution is 0.490. The number of hydrogen-bond donors (Lipinski definition) is 0. The third-order valence-electron chi connectivity index (χ3n) is 3.38. The predicted octanol–water partition coefficient (Wildman–Crippen LogP) is 3.30. The van der Waals surface area contributed by atoms with Crippen molar-refractivity contribution in [3.8, 4) is 0 Å². The quantitative estimate of drug-likeness (QED) is 0.697. The summed E-state index contributed by atoms with van der Waals surface area (Å²) in [5, 5.41) is 8.38. The fraction of sp³-hybridized carbons (Fsp3) is 0.833. The van der Waals surface area contributed by atoms with Gasteiger partial charge < -0.3 is 4.57 Å². The van der Waals surface area contributed by atoms with Crippen molar-refractivity contribution in [1.29, 1.82) is 0 Å². The molecule has 15 heavy (non-hydrogen) atoms. The zero-order chi connectivity index (χ0) is 10.7. The molecule has 0 amide bonds. The van der Waals surface area contributed by atoms with Gasteiger partial charge in [0.1, 0.15) is 12.2 Å². The van der Waals surface area contributed by atoms with Gasteiger partial charge in [-0.05, 0) is 26.7 Å². The van der Waals surface area contributed by atoms with Crippen molar-refractivity contribution >= 4 is 0 Å². The fourth-order valence-electron chi connectivity index (χ4n) is 2.48. The van der Waals surface area contributed by atoms with Gasteiger partial charge in [0.05, 0.1) is 0 Å². The third-order valence-corrected chi connectivity index (χ3v) is 3.38. The van der Waals surface area contributed by atoms with Gasteiger partial charge in [-0.3, -0.25) is 0 Å². The smallest absolute Gasteiger partial charge is 0.136 e. The first-order valence-electron chi connectivity index (χ1n) is 6.18. The largest absolute Gasteiger partial charge is 0.315 e. The average Bonchev–Trinajstić information content (AvgIpc) is 2.55. The molecule has 1 aromatic rings. The molecule has 1 heterocycles. The van der Waals surface area contributed by atoms with Gasteiger partial charge >= 0.3 is 0 Å². The van der Waals surface area contributed by atoms with Gasteiger partial charge in [-0.15, -0.1) is 10.2 Å². The summed E-state index contributed by atoms with van der Waals surface area (Å²) in [7, 11) is 0. The first kappa shape index (κ1) is 10.7. The Bertz CT molecular complexity index is 296. The lowest BCUT2D eigenvalue weighted by Crippen LogP contribution is -2.10. The zero-order valence-electron chi connectivity index (χ0n) is 9.82. The van der Waals surface area contributed by atoms with Crippen LogP contribution in [0.15, 0.2) is 6.33 Å². The molecule has 2 rings (SSSR count). The molecule has 0 spiro atoms. The predicted molar refractivity (Wildman–Crippen MR) is 60.9 cm³/mol. The van der Waals surface area contributed by atoms with E-state index in [2.05, 4.69) is 28.6 Å². The van der Waals surface area contributed by atoms with E-state index in [0.29, 0.717) is 12.0 Å². The van der Waals surface area contributed by atoms with Crippen LogP contribution in [-0.2, 0) is 0 Å². The molecule has 3 heteroatoms. The SMILES string of the molecule is CC(C)n1cnnc1C1CCCCCC1. The highest BCUT2D eigenvalue weighted by molar-refractivity contribution is 4.98. The molecule has 1 aliphatic carbocycles. The van der Waals surface area contributed by atoms with E-state index in [9.17, 15) is 0 Å². The van der Waals surface area contributed by atoms with E-state index in [-0.39, 0.29) is 0 Å². The molecule has 0 unspecified atom stereocenters. The lowest BCUT2D eigenvalue weighted by atomic mass is 9.99. The maximum atomic E-state index is 4.32. The molecule has 1 saturated carbocycles. The Morgan fingerprint density at radius 2 is 1.87 bits per heavy atom. The number of nitrogens with zero attached hydrogens (tertiary/aromatic N) is 3. The van der Waals surface area contributed by atoms with E-state index >= 15 is 0 Å². The number of hydrogen-bond acceptors (Lipinski definition) is 2. The van der Waals surface area contributed by atoms with Crippen LogP contribution in [0.4, 0.5) is 0 Å². The van der Waals surface area contributed by atoms with E-state index in [1.165, 1.54) is 44.3 Å². The van der Waals surface area contributed by atoms with Crippen molar-refractivity contribution in [3.05, 3.63) is 12.2 Å². The van der Waals surface area contributed by atoms with Crippen LogP contribution in [0.25, 0.3) is 0 Å². The van der Waals surface area contributed by atoms with E-state index in [1.54, 1.807) is 0 Å². The monoisotopic (exact) mass is 207 g/mol. The third kappa shape index (κ3) is 2.39. The Morgan fingerprint density at radius 3 is 2.47 bits per heavy atom. The zero-order valence-corrected chi connectivity index (χ0v) is 9.82. The molecule has 0 aliphatic heterocycles. The van der Waals surface area contributed by atoms with E-state index in [4.69, 9.17) is 0 Å². The molecule has 0 N–H and O–H groups in total. The van der Waals surface area contributed by atoms with Gasteiger partial charge in [-0.2, -0.15) is 0 Å². The highest BCUT2D eigenvalue weighted by Gasteiger charge is 2.20. The maximum absolute atomic E-state index is 4.32. The fourth-order valence-corrected chi connectivity index (χ4v) is 2.48. The normalized spacial score (nSPS) is 19.4. The highest BCUT2D eigenvalue weighted by Crippen LogP contribution is 2.31. The summed E-state index contributed by atoms with van der Waals surface area (Å²) in [5.74, 6) is 1.87. The summed E-state index contributed by atoms with van der Waals surface area (Å²) >= 11 is 0. The second-order valence-electron chi connectivity index (χ2n) is 4.88. The first-order valence-corrected chi connectivity index (χ1v) is 6.18. The van der Waals surface area contributed by atoms with Gasteiger partial charge in [-0.25, -0.2) is 0 Å². The summed E-state index contributed by atoms with van der Waals surface area (Å²) in [6, 6.07) is 0.484. The Balaban J connectivity index is 2.15. The van der Waals surface area contributed by atoms with Crippen molar-refractivity contribution in [3.63, 3.8) is 0 Å². The highest BCUT2D eigenvalue weighted by atomic mass is 15.3. The van der Waals surface area contributed by atoms with Crippen molar-refractivity contribution in [2.45, 2.75) is 64.3 Å². The van der Waals surface area contributed by atoms with Crippen LogP contribution in [0.5, 0.6) is 0 Å². The van der Waals surface area contributed by atoms with Crippen molar-refractivity contribution in [2.75, 3.05) is 0 Å². The maximum Gasteiger partial charge on any atom is 0.136 e. The standard InChI is InChI=1S/C12H21N3/c1-10(2)15-9-13-14-12(15)11-7-5-3-4-6-8-11/h9-11H,3-8H2,1-2H3. The molecule has 1 fully saturated rings. The van der Waals surface area contributed by atoms with Gasteiger partial charge in [0.25, 0.3) is 0 Å². The molecule has 3 nitrogen and oxygen atoms in total. The van der Waals surface area contributed by atoms with Crippen molar-refractivity contribution < 1.29 is 0 Å². The van der Waals surface area contributed by atoms with Gasteiger partial charge in [0, 0.05) is 12.0 Å². The molecule has 0 atom stereocenters. The van der Waals surface area contributed by atoms with Crippen LogP contribution >= 0.6 is 0 Å². The van der Waals surface area contributed by atoms with E-state index in [0.717, 1.165) is 0 Å². The molecule has 1 aromatic heterocycles. The summed E-state index contributed by atoms with van der Waals surface area (Å²) < 4.78 is 2.23. The van der Waals surface area contributed by atoms with Crippen LogP contribution < -0.4 is 0 Å². The second-order valence-corrected chi connectivity index (χ2v) is 4.88. The molecular formula is C12H21N3. The number of aromatic nitrogens is 3. The van der Waals surface area contributed by atoms with Crippen molar-refractivity contribution in [2.24, 2.45) is 0 Å². The Morgan fingerprint density at radius 1 is 1.20 bits per heavy atom. The average molecular weight is 207 g/mol. The summed E-state index contributed by atoms with van der Waals surface area (Å²) in [4.78, 5) is 0. The molecular weight excluding hydrogens is 186 g/mol. The topological polar surface area (TPSA) is 30.7 Å². The van der Waals surface area contributed by atoms with Gasteiger partial charge in [-0.1, -0.05) is 25.7 Å². The van der Waals surface area contributed by atoms with Crippen LogP contribution in [0.1, 0.15) is 70.2 Å².